The number of hydrogen-bond donors (Lipinski definition) is 1. The number of aryl methyl sites for hydroxylation is 1. The normalized spacial score (nSPS) is 14.4. The molecule has 4 heteroatoms. The van der Waals surface area contributed by atoms with E-state index in [0.717, 1.165) is 11.8 Å². The van der Waals surface area contributed by atoms with E-state index in [9.17, 15) is 9.50 Å². The van der Waals surface area contributed by atoms with E-state index in [2.05, 4.69) is 9.97 Å². The van der Waals surface area contributed by atoms with Crippen molar-refractivity contribution in [3.63, 3.8) is 0 Å². The topological polar surface area (TPSA) is 46.0 Å². The first-order chi connectivity index (χ1) is 8.01. The molecule has 0 aliphatic heterocycles. The van der Waals surface area contributed by atoms with Gasteiger partial charge in [-0.25, -0.2) is 4.39 Å². The van der Waals surface area contributed by atoms with Crippen LogP contribution in [0.2, 0.25) is 0 Å². The summed E-state index contributed by atoms with van der Waals surface area (Å²) in [5.41, 5.74) is 0.656. The van der Waals surface area contributed by atoms with Crippen molar-refractivity contribution >= 4 is 0 Å². The molecule has 0 amide bonds. The van der Waals surface area contributed by atoms with Crippen molar-refractivity contribution in [1.29, 1.82) is 0 Å². The Morgan fingerprint density at radius 2 is 2.00 bits per heavy atom. The molecule has 0 aromatic carbocycles. The third-order valence-electron chi connectivity index (χ3n) is 2.83. The van der Waals surface area contributed by atoms with Gasteiger partial charge in [0.1, 0.15) is 11.4 Å². The smallest absolute Gasteiger partial charge is 0.141 e. The van der Waals surface area contributed by atoms with Crippen LogP contribution in [0.25, 0.3) is 0 Å². The Kier molecular flexibility index (Phi) is 2.90. The Hall–Kier alpha value is -1.81. The van der Waals surface area contributed by atoms with Gasteiger partial charge in [0.2, 0.25) is 0 Å². The first-order valence-electron chi connectivity index (χ1n) is 5.26. The summed E-state index contributed by atoms with van der Waals surface area (Å²) in [6.45, 7) is 3.48. The molecule has 0 aliphatic rings. The zero-order valence-corrected chi connectivity index (χ0v) is 9.68. The Labute approximate surface area is 99.0 Å². The van der Waals surface area contributed by atoms with Gasteiger partial charge in [-0.2, -0.15) is 0 Å². The zero-order chi connectivity index (χ0) is 12.5. The Morgan fingerprint density at radius 3 is 2.65 bits per heavy atom. The molecule has 1 atom stereocenters. The summed E-state index contributed by atoms with van der Waals surface area (Å²) in [6.07, 6.45) is 5.80. The molecule has 0 saturated heterocycles. The molecule has 0 radical (unpaired) electrons. The fourth-order valence-electron chi connectivity index (χ4n) is 1.81. The molecular weight excluding hydrogens is 219 g/mol. The first-order valence-corrected chi connectivity index (χ1v) is 5.26. The van der Waals surface area contributed by atoms with Gasteiger partial charge in [0.15, 0.2) is 0 Å². The SMILES string of the molecule is Cc1ccncc1C(C)(O)c1cncc(F)c1. The maximum atomic E-state index is 13.1. The monoisotopic (exact) mass is 232 g/mol. The highest BCUT2D eigenvalue weighted by Crippen LogP contribution is 2.30. The minimum Gasteiger partial charge on any atom is -0.381 e. The first kappa shape index (κ1) is 11.7. The molecule has 2 heterocycles. The van der Waals surface area contributed by atoms with Crippen molar-refractivity contribution in [2.45, 2.75) is 19.4 Å². The second-order valence-corrected chi connectivity index (χ2v) is 4.15. The summed E-state index contributed by atoms with van der Waals surface area (Å²) in [4.78, 5) is 7.74. The van der Waals surface area contributed by atoms with Crippen molar-refractivity contribution in [1.82, 2.24) is 9.97 Å². The second kappa shape index (κ2) is 4.22. The van der Waals surface area contributed by atoms with E-state index in [1.807, 2.05) is 6.92 Å². The Morgan fingerprint density at radius 1 is 1.24 bits per heavy atom. The quantitative estimate of drug-likeness (QED) is 0.863. The van der Waals surface area contributed by atoms with Crippen LogP contribution in [-0.4, -0.2) is 15.1 Å². The summed E-state index contributed by atoms with van der Waals surface area (Å²) in [7, 11) is 0. The van der Waals surface area contributed by atoms with E-state index in [1.54, 1.807) is 25.4 Å². The maximum Gasteiger partial charge on any atom is 0.141 e. The zero-order valence-electron chi connectivity index (χ0n) is 9.68. The summed E-state index contributed by atoms with van der Waals surface area (Å²) >= 11 is 0. The van der Waals surface area contributed by atoms with Crippen molar-refractivity contribution < 1.29 is 9.50 Å². The third kappa shape index (κ3) is 2.17. The standard InChI is InChI=1S/C13H13FN2O/c1-9-3-4-15-8-12(9)13(2,17)10-5-11(14)7-16-6-10/h3-8,17H,1-2H3. The summed E-state index contributed by atoms with van der Waals surface area (Å²) < 4.78 is 13.1. The summed E-state index contributed by atoms with van der Waals surface area (Å²) in [6, 6.07) is 3.08. The average molecular weight is 232 g/mol. The van der Waals surface area contributed by atoms with Gasteiger partial charge in [-0.05, 0) is 31.5 Å². The average Bonchev–Trinajstić information content (AvgIpc) is 2.29. The van der Waals surface area contributed by atoms with Crippen LogP contribution in [0.3, 0.4) is 0 Å². The van der Waals surface area contributed by atoms with E-state index in [-0.39, 0.29) is 0 Å². The van der Waals surface area contributed by atoms with E-state index in [4.69, 9.17) is 0 Å². The van der Waals surface area contributed by atoms with Crippen LogP contribution in [-0.2, 0) is 5.60 Å². The number of halogens is 1. The molecule has 0 fully saturated rings. The van der Waals surface area contributed by atoms with Gasteiger partial charge in [-0.3, -0.25) is 9.97 Å². The third-order valence-corrected chi connectivity index (χ3v) is 2.83. The number of nitrogens with zero attached hydrogens (tertiary/aromatic N) is 2. The predicted octanol–water partition coefficient (Wildman–Crippen LogP) is 2.18. The molecule has 1 unspecified atom stereocenters. The van der Waals surface area contributed by atoms with Crippen molar-refractivity contribution in [3.05, 3.63) is 59.4 Å². The highest BCUT2D eigenvalue weighted by atomic mass is 19.1. The molecule has 2 rings (SSSR count). The van der Waals surface area contributed by atoms with E-state index >= 15 is 0 Å². The molecule has 2 aromatic heterocycles. The van der Waals surface area contributed by atoms with Gasteiger partial charge < -0.3 is 5.11 Å². The molecule has 17 heavy (non-hydrogen) atoms. The molecule has 0 bridgehead atoms. The van der Waals surface area contributed by atoms with Gasteiger partial charge in [0.25, 0.3) is 0 Å². The highest BCUT2D eigenvalue weighted by molar-refractivity contribution is 5.36. The number of hydrogen-bond acceptors (Lipinski definition) is 3. The molecular formula is C13H13FN2O. The van der Waals surface area contributed by atoms with Crippen LogP contribution in [0.4, 0.5) is 4.39 Å². The van der Waals surface area contributed by atoms with Crippen LogP contribution in [0.15, 0.2) is 36.9 Å². The van der Waals surface area contributed by atoms with Crippen molar-refractivity contribution in [3.8, 4) is 0 Å². The van der Waals surface area contributed by atoms with Gasteiger partial charge in [0.05, 0.1) is 6.20 Å². The Balaban J connectivity index is 2.53. The van der Waals surface area contributed by atoms with Crippen LogP contribution >= 0.6 is 0 Å². The minimum absolute atomic E-state index is 0.411. The number of pyridine rings is 2. The lowest BCUT2D eigenvalue weighted by molar-refractivity contribution is 0.100. The largest absolute Gasteiger partial charge is 0.381 e. The second-order valence-electron chi connectivity index (χ2n) is 4.15. The molecule has 0 spiro atoms. The van der Waals surface area contributed by atoms with Gasteiger partial charge in [-0.1, -0.05) is 0 Å². The van der Waals surface area contributed by atoms with E-state index < -0.39 is 11.4 Å². The molecule has 88 valence electrons. The van der Waals surface area contributed by atoms with Crippen LogP contribution < -0.4 is 0 Å². The maximum absolute atomic E-state index is 13.1. The van der Waals surface area contributed by atoms with E-state index in [0.29, 0.717) is 11.1 Å². The molecule has 0 aliphatic carbocycles. The number of aliphatic hydroxyl groups is 1. The lowest BCUT2D eigenvalue weighted by Crippen LogP contribution is -2.24. The van der Waals surface area contributed by atoms with Gasteiger partial charge in [-0.15, -0.1) is 0 Å². The predicted molar refractivity (Wildman–Crippen MR) is 61.8 cm³/mol. The van der Waals surface area contributed by atoms with Crippen LogP contribution in [0.1, 0.15) is 23.6 Å². The van der Waals surface area contributed by atoms with Crippen molar-refractivity contribution in [2.75, 3.05) is 0 Å². The van der Waals surface area contributed by atoms with E-state index in [1.165, 1.54) is 12.3 Å². The molecule has 3 nitrogen and oxygen atoms in total. The number of aromatic nitrogens is 2. The fraction of sp³-hybridized carbons (Fsp3) is 0.231. The lowest BCUT2D eigenvalue weighted by atomic mass is 9.88. The van der Waals surface area contributed by atoms with Crippen molar-refractivity contribution in [2.24, 2.45) is 0 Å². The molecule has 1 N–H and O–H groups in total. The van der Waals surface area contributed by atoms with Crippen LogP contribution in [0, 0.1) is 12.7 Å². The molecule has 2 aromatic rings. The summed E-state index contributed by atoms with van der Waals surface area (Å²) in [5, 5.41) is 10.5. The van der Waals surface area contributed by atoms with Gasteiger partial charge >= 0.3 is 0 Å². The fourth-order valence-corrected chi connectivity index (χ4v) is 1.81. The number of rotatable bonds is 2. The Bertz CT molecular complexity index is 540. The highest BCUT2D eigenvalue weighted by Gasteiger charge is 2.28. The lowest BCUT2D eigenvalue weighted by Gasteiger charge is -2.25. The minimum atomic E-state index is -1.30. The van der Waals surface area contributed by atoms with Crippen LogP contribution in [0.5, 0.6) is 0 Å². The summed E-state index contributed by atoms with van der Waals surface area (Å²) in [5.74, 6) is -0.468. The molecule has 0 saturated carbocycles. The van der Waals surface area contributed by atoms with Gasteiger partial charge in [0, 0.05) is 29.7 Å².